The topological polar surface area (TPSA) is 126 Å². The highest BCUT2D eigenvalue weighted by molar-refractivity contribution is 5.67. The van der Waals surface area contributed by atoms with Gasteiger partial charge in [-0.2, -0.15) is 0 Å². The van der Waals surface area contributed by atoms with Crippen molar-refractivity contribution in [3.8, 4) is 0 Å². The van der Waals surface area contributed by atoms with Crippen molar-refractivity contribution < 1.29 is 39.1 Å². The van der Waals surface area contributed by atoms with Crippen molar-refractivity contribution in [2.24, 2.45) is 28.6 Å². The lowest BCUT2D eigenvalue weighted by Crippen LogP contribution is -2.63. The van der Waals surface area contributed by atoms with Gasteiger partial charge in [-0.05, 0) is 45.4 Å². The second-order valence-corrected chi connectivity index (χ2v) is 12.1. The number of carbonyl (C=O) groups is 2. The molecule has 0 amide bonds. The quantitative estimate of drug-likeness (QED) is 0.423. The first-order valence-corrected chi connectivity index (χ1v) is 11.8. The molecule has 2 bridgehead atoms. The van der Waals surface area contributed by atoms with Crippen molar-refractivity contribution in [1.29, 1.82) is 0 Å². The van der Waals surface area contributed by atoms with Crippen LogP contribution >= 0.6 is 0 Å². The highest BCUT2D eigenvalue weighted by Gasteiger charge is 2.84. The van der Waals surface area contributed by atoms with E-state index in [2.05, 4.69) is 0 Å². The van der Waals surface area contributed by atoms with Crippen LogP contribution < -0.4 is 0 Å². The molecule has 1 spiro atoms. The van der Waals surface area contributed by atoms with Gasteiger partial charge in [-0.25, -0.2) is 0 Å². The molecule has 1 unspecified atom stereocenters. The van der Waals surface area contributed by atoms with Gasteiger partial charge in [0.05, 0.1) is 23.4 Å². The van der Waals surface area contributed by atoms with E-state index in [-0.39, 0.29) is 30.5 Å². The minimum Gasteiger partial charge on any atom is -0.462 e. The smallest absolute Gasteiger partial charge is 0.303 e. The summed E-state index contributed by atoms with van der Waals surface area (Å²) < 4.78 is 17.6. The highest BCUT2D eigenvalue weighted by atomic mass is 16.6. The van der Waals surface area contributed by atoms with Crippen LogP contribution in [0.3, 0.4) is 0 Å². The maximum Gasteiger partial charge on any atom is 0.303 e. The number of ether oxygens (including phenoxy) is 3. The summed E-state index contributed by atoms with van der Waals surface area (Å²) in [7, 11) is 0. The van der Waals surface area contributed by atoms with E-state index in [4.69, 9.17) is 14.2 Å². The first-order valence-electron chi connectivity index (χ1n) is 11.8. The lowest BCUT2D eigenvalue weighted by molar-refractivity contribution is -0.230. The van der Waals surface area contributed by atoms with E-state index >= 15 is 0 Å². The zero-order valence-electron chi connectivity index (χ0n) is 19.8. The fourth-order valence-electron chi connectivity index (χ4n) is 8.91. The molecule has 1 aliphatic heterocycles. The summed E-state index contributed by atoms with van der Waals surface area (Å²) in [5.74, 6) is -2.31. The van der Waals surface area contributed by atoms with Crippen molar-refractivity contribution in [1.82, 2.24) is 0 Å². The Morgan fingerprint density at radius 1 is 0.969 bits per heavy atom. The fourth-order valence-corrected chi connectivity index (χ4v) is 8.91. The predicted octanol–water partition coefficient (Wildman–Crippen LogP) is 1.33. The number of aliphatic hydroxyl groups is 3. The largest absolute Gasteiger partial charge is 0.462 e. The van der Waals surface area contributed by atoms with Gasteiger partial charge < -0.3 is 29.5 Å². The van der Waals surface area contributed by atoms with Crippen LogP contribution in [0.2, 0.25) is 0 Å². The van der Waals surface area contributed by atoms with E-state index in [9.17, 15) is 24.9 Å². The van der Waals surface area contributed by atoms with Crippen molar-refractivity contribution in [2.75, 3.05) is 0 Å². The second kappa shape index (κ2) is 6.26. The first kappa shape index (κ1) is 22.6. The summed E-state index contributed by atoms with van der Waals surface area (Å²) in [6.07, 6.45) is -0.447. The van der Waals surface area contributed by atoms with Crippen molar-refractivity contribution in [3.05, 3.63) is 0 Å². The summed E-state index contributed by atoms with van der Waals surface area (Å²) in [4.78, 5) is 24.3. The third-order valence-electron chi connectivity index (χ3n) is 9.94. The van der Waals surface area contributed by atoms with E-state index in [0.717, 1.165) is 0 Å². The number of rotatable bonds is 2. The monoisotopic (exact) mass is 452 g/mol. The van der Waals surface area contributed by atoms with Crippen LogP contribution in [-0.2, 0) is 23.8 Å². The minimum atomic E-state index is -1.54. The van der Waals surface area contributed by atoms with E-state index < -0.39 is 57.7 Å². The van der Waals surface area contributed by atoms with Gasteiger partial charge in [-0.1, -0.05) is 13.8 Å². The van der Waals surface area contributed by atoms with Gasteiger partial charge in [-0.15, -0.1) is 0 Å². The minimum absolute atomic E-state index is 0.202. The molecule has 8 heteroatoms. The van der Waals surface area contributed by atoms with Crippen LogP contribution in [0, 0.1) is 28.6 Å². The maximum absolute atomic E-state index is 12.3. The van der Waals surface area contributed by atoms with Gasteiger partial charge in [0.15, 0.2) is 0 Å². The van der Waals surface area contributed by atoms with Crippen molar-refractivity contribution in [2.45, 2.75) is 108 Å². The molecule has 0 aromatic heterocycles. The SMILES string of the molecule is CC(=O)OC1[C@H]2CC[C@@H]3[C@]1(C[C@@H](OC(C)=O)[C@@]1(O)[C@@H]([C@@H]4O[C@@H]4C1(C)C)[C@]3(C)O)C[C@@]2(C)O. The summed E-state index contributed by atoms with van der Waals surface area (Å²) in [5, 5.41) is 35.9. The van der Waals surface area contributed by atoms with E-state index in [1.165, 1.54) is 13.8 Å². The lowest BCUT2D eigenvalue weighted by Gasteiger charge is -2.52. The Labute approximate surface area is 188 Å². The lowest BCUT2D eigenvalue weighted by atomic mass is 9.57. The molecular weight excluding hydrogens is 416 g/mol. The van der Waals surface area contributed by atoms with Crippen LogP contribution in [0.5, 0.6) is 0 Å². The number of hydrogen-bond acceptors (Lipinski definition) is 8. The highest BCUT2D eigenvalue weighted by Crippen LogP contribution is 2.73. The Kier molecular flexibility index (Phi) is 4.41. The summed E-state index contributed by atoms with van der Waals surface area (Å²) in [5.41, 5.74) is -5.65. The van der Waals surface area contributed by atoms with Crippen molar-refractivity contribution >= 4 is 11.9 Å². The van der Waals surface area contributed by atoms with Crippen molar-refractivity contribution in [3.63, 3.8) is 0 Å². The Hall–Kier alpha value is -1.22. The number of carbonyl (C=O) groups excluding carboxylic acids is 2. The molecule has 1 saturated heterocycles. The first-order chi connectivity index (χ1) is 14.6. The Morgan fingerprint density at radius 2 is 1.59 bits per heavy atom. The van der Waals surface area contributed by atoms with Gasteiger partial charge in [0.1, 0.15) is 17.8 Å². The molecule has 180 valence electrons. The molecule has 8 nitrogen and oxygen atoms in total. The maximum atomic E-state index is 12.3. The molecule has 5 fully saturated rings. The van der Waals surface area contributed by atoms with Gasteiger partial charge in [0.25, 0.3) is 0 Å². The summed E-state index contributed by atoms with van der Waals surface area (Å²) in [6.45, 7) is 9.95. The Morgan fingerprint density at radius 3 is 2.19 bits per heavy atom. The van der Waals surface area contributed by atoms with E-state index in [1.54, 1.807) is 13.8 Å². The average molecular weight is 453 g/mol. The van der Waals surface area contributed by atoms with Gasteiger partial charge in [-0.3, -0.25) is 9.59 Å². The molecule has 0 radical (unpaired) electrons. The number of hydrogen-bond donors (Lipinski definition) is 3. The average Bonchev–Trinajstić information content (AvgIpc) is 3.35. The van der Waals surface area contributed by atoms with Crippen LogP contribution in [-0.4, -0.2) is 68.5 Å². The molecule has 11 atom stereocenters. The Balaban J connectivity index is 1.72. The fraction of sp³-hybridized carbons (Fsp3) is 0.917. The molecule has 0 aromatic rings. The molecule has 4 saturated carbocycles. The van der Waals surface area contributed by atoms with Crippen LogP contribution in [0.15, 0.2) is 0 Å². The summed E-state index contributed by atoms with van der Waals surface area (Å²) >= 11 is 0. The zero-order chi connectivity index (χ0) is 23.6. The second-order valence-electron chi connectivity index (χ2n) is 12.1. The van der Waals surface area contributed by atoms with Gasteiger partial charge >= 0.3 is 11.9 Å². The molecule has 5 rings (SSSR count). The molecule has 0 aromatic carbocycles. The molecule has 3 N–H and O–H groups in total. The normalized spacial score (nSPS) is 57.0. The van der Waals surface area contributed by atoms with Crippen LogP contribution in [0.4, 0.5) is 0 Å². The molecule has 4 aliphatic carbocycles. The third-order valence-corrected chi connectivity index (χ3v) is 9.94. The van der Waals surface area contributed by atoms with Crippen LogP contribution in [0.25, 0.3) is 0 Å². The summed E-state index contributed by atoms with van der Waals surface area (Å²) in [6, 6.07) is 0. The van der Waals surface area contributed by atoms with Crippen LogP contribution in [0.1, 0.15) is 67.2 Å². The standard InChI is InChI=1S/C24H36O8/c1-11(25)30-15-9-23-10-21(5,27)13(18(23)31-12(2)26)7-8-14(23)22(6,28)17-16-19(32-16)20(3,4)24(15,17)29/h13-19,27-29H,7-10H2,1-6H3/t13-,14+,15-,16+,17+,18?,19+,21-,22-,23+,24-/m1/s1. The third kappa shape index (κ3) is 2.53. The molecular formula is C24H36O8. The Bertz CT molecular complexity index is 864. The zero-order valence-corrected chi connectivity index (χ0v) is 19.8. The van der Waals surface area contributed by atoms with Gasteiger partial charge in [0.2, 0.25) is 0 Å². The predicted molar refractivity (Wildman–Crippen MR) is 111 cm³/mol. The number of fused-ring (bicyclic) bond motifs is 4. The van der Waals surface area contributed by atoms with E-state index in [1.807, 2.05) is 13.8 Å². The van der Waals surface area contributed by atoms with Gasteiger partial charge in [0, 0.05) is 36.5 Å². The molecule has 32 heavy (non-hydrogen) atoms. The molecule has 5 aliphatic rings. The number of epoxide rings is 1. The van der Waals surface area contributed by atoms with E-state index in [0.29, 0.717) is 19.3 Å². The molecule has 1 heterocycles. The number of esters is 2.